The number of halogens is 1. The van der Waals surface area contributed by atoms with E-state index >= 15 is 0 Å². The van der Waals surface area contributed by atoms with Crippen molar-refractivity contribution >= 4 is 37.4 Å². The number of hydrogen-bond donors (Lipinski definition) is 1. The predicted octanol–water partition coefficient (Wildman–Crippen LogP) is 3.68. The zero-order valence-corrected chi connectivity index (χ0v) is 9.65. The molecule has 0 fully saturated rings. The Morgan fingerprint density at radius 1 is 1.46 bits per heavy atom. The normalized spacial score (nSPS) is 13.5. The monoisotopic (exact) mass is 255 g/mol. The highest BCUT2D eigenvalue weighted by Crippen LogP contribution is 2.33. The first-order valence-electron chi connectivity index (χ1n) is 4.12. The minimum absolute atomic E-state index is 0.129. The molecular weight excluding hydrogens is 246 g/mol. The molecule has 1 heterocycles. The van der Waals surface area contributed by atoms with Crippen LogP contribution in [0.15, 0.2) is 28.7 Å². The molecule has 0 amide bonds. The van der Waals surface area contributed by atoms with E-state index in [2.05, 4.69) is 34.1 Å². The summed E-state index contributed by atoms with van der Waals surface area (Å²) in [6.45, 7) is 2.01. The molecule has 0 aliphatic heterocycles. The van der Waals surface area contributed by atoms with Gasteiger partial charge in [-0.25, -0.2) is 0 Å². The first-order valence-corrected chi connectivity index (χ1v) is 5.73. The topological polar surface area (TPSA) is 26.0 Å². The van der Waals surface area contributed by atoms with E-state index in [0.29, 0.717) is 0 Å². The van der Waals surface area contributed by atoms with E-state index in [1.54, 1.807) is 11.3 Å². The van der Waals surface area contributed by atoms with Gasteiger partial charge in [-0.2, -0.15) is 0 Å². The molecular formula is C10H10BrNS. The number of fused-ring (bicyclic) bond motifs is 1. The van der Waals surface area contributed by atoms with Crippen LogP contribution in [-0.4, -0.2) is 0 Å². The summed E-state index contributed by atoms with van der Waals surface area (Å²) in [5, 5.41) is 1.26. The molecule has 0 saturated heterocycles. The molecule has 0 radical (unpaired) electrons. The van der Waals surface area contributed by atoms with Crippen LogP contribution in [0.3, 0.4) is 0 Å². The minimum Gasteiger partial charge on any atom is -0.324 e. The molecule has 3 heteroatoms. The van der Waals surface area contributed by atoms with E-state index in [0.717, 1.165) is 4.47 Å². The molecule has 0 aliphatic carbocycles. The van der Waals surface area contributed by atoms with Crippen LogP contribution in [0, 0.1) is 0 Å². The fourth-order valence-corrected chi connectivity index (χ4v) is 2.92. The van der Waals surface area contributed by atoms with Crippen LogP contribution in [0.1, 0.15) is 17.8 Å². The zero-order chi connectivity index (χ0) is 9.42. The Hall–Kier alpha value is -0.380. The number of hydrogen-bond acceptors (Lipinski definition) is 2. The minimum atomic E-state index is 0.129. The van der Waals surface area contributed by atoms with Crippen LogP contribution < -0.4 is 5.73 Å². The number of rotatable bonds is 1. The quantitative estimate of drug-likeness (QED) is 0.827. The van der Waals surface area contributed by atoms with Crippen molar-refractivity contribution in [1.82, 2.24) is 0 Å². The Labute approximate surface area is 89.7 Å². The van der Waals surface area contributed by atoms with Crippen molar-refractivity contribution in [3.05, 3.63) is 33.6 Å². The van der Waals surface area contributed by atoms with Crippen molar-refractivity contribution in [3.63, 3.8) is 0 Å². The molecule has 0 unspecified atom stereocenters. The van der Waals surface area contributed by atoms with Crippen molar-refractivity contribution in [2.75, 3.05) is 0 Å². The Bertz CT molecular complexity index is 433. The van der Waals surface area contributed by atoms with Crippen LogP contribution >= 0.6 is 27.3 Å². The molecule has 2 aromatic rings. The molecule has 2 N–H and O–H groups in total. The lowest BCUT2D eigenvalue weighted by molar-refractivity contribution is 0.839. The summed E-state index contributed by atoms with van der Waals surface area (Å²) >= 11 is 5.29. The van der Waals surface area contributed by atoms with Gasteiger partial charge in [-0.15, -0.1) is 11.3 Å². The van der Waals surface area contributed by atoms with Gasteiger partial charge in [0.05, 0.1) is 0 Å². The van der Waals surface area contributed by atoms with Gasteiger partial charge in [0.2, 0.25) is 0 Å². The predicted molar refractivity (Wildman–Crippen MR) is 62.1 cm³/mol. The zero-order valence-electron chi connectivity index (χ0n) is 7.25. The lowest BCUT2D eigenvalue weighted by Gasteiger charge is -1.96. The average Bonchev–Trinajstić information content (AvgIpc) is 2.49. The smallest absolute Gasteiger partial charge is 0.0361 e. The molecule has 0 saturated carbocycles. The van der Waals surface area contributed by atoms with Gasteiger partial charge < -0.3 is 5.73 Å². The van der Waals surface area contributed by atoms with Crippen LogP contribution in [0.5, 0.6) is 0 Å². The summed E-state index contributed by atoms with van der Waals surface area (Å²) in [5.41, 5.74) is 5.82. The number of nitrogens with two attached hydrogens (primary N) is 1. The van der Waals surface area contributed by atoms with Gasteiger partial charge in [0.1, 0.15) is 0 Å². The highest BCUT2D eigenvalue weighted by atomic mass is 79.9. The molecule has 0 spiro atoms. The van der Waals surface area contributed by atoms with Crippen LogP contribution in [-0.2, 0) is 0 Å². The maximum absolute atomic E-state index is 5.82. The highest BCUT2D eigenvalue weighted by Gasteiger charge is 2.06. The molecule has 1 atom stereocenters. The maximum atomic E-state index is 5.82. The molecule has 0 bridgehead atoms. The third-order valence-electron chi connectivity index (χ3n) is 1.98. The van der Waals surface area contributed by atoms with Gasteiger partial charge in [0.25, 0.3) is 0 Å². The Balaban J connectivity index is 2.68. The molecule has 2 rings (SSSR count). The van der Waals surface area contributed by atoms with Crippen molar-refractivity contribution < 1.29 is 0 Å². The van der Waals surface area contributed by atoms with E-state index < -0.39 is 0 Å². The second-order valence-electron chi connectivity index (χ2n) is 3.09. The summed E-state index contributed by atoms with van der Waals surface area (Å²) in [6, 6.07) is 8.52. The molecule has 1 aromatic carbocycles. The van der Waals surface area contributed by atoms with Gasteiger partial charge in [0.15, 0.2) is 0 Å². The second-order valence-corrected chi connectivity index (χ2v) is 5.06. The molecule has 1 nitrogen and oxygen atoms in total. The highest BCUT2D eigenvalue weighted by molar-refractivity contribution is 9.10. The first kappa shape index (κ1) is 9.19. The van der Waals surface area contributed by atoms with Gasteiger partial charge in [-0.1, -0.05) is 22.0 Å². The first-order chi connectivity index (χ1) is 6.18. The Kier molecular flexibility index (Phi) is 2.41. The number of benzene rings is 1. The fourth-order valence-electron chi connectivity index (χ4n) is 1.27. The van der Waals surface area contributed by atoms with E-state index in [1.165, 1.54) is 15.0 Å². The third kappa shape index (κ3) is 1.64. The number of thiophene rings is 1. The van der Waals surface area contributed by atoms with Crippen molar-refractivity contribution in [1.29, 1.82) is 0 Å². The van der Waals surface area contributed by atoms with Crippen LogP contribution in [0.25, 0.3) is 10.1 Å². The summed E-state index contributed by atoms with van der Waals surface area (Å²) in [6.07, 6.45) is 0. The Morgan fingerprint density at radius 3 is 2.85 bits per heavy atom. The summed E-state index contributed by atoms with van der Waals surface area (Å²) in [7, 11) is 0. The second kappa shape index (κ2) is 3.40. The SMILES string of the molecule is C[C@H](N)c1cc2c(Br)cccc2s1. The van der Waals surface area contributed by atoms with Crippen LogP contribution in [0.4, 0.5) is 0 Å². The van der Waals surface area contributed by atoms with Crippen LogP contribution in [0.2, 0.25) is 0 Å². The third-order valence-corrected chi connectivity index (χ3v) is 3.97. The van der Waals surface area contributed by atoms with Gasteiger partial charge in [-0.3, -0.25) is 0 Å². The van der Waals surface area contributed by atoms with Gasteiger partial charge in [0, 0.05) is 25.5 Å². The van der Waals surface area contributed by atoms with Crippen molar-refractivity contribution in [2.24, 2.45) is 5.73 Å². The Morgan fingerprint density at radius 2 is 2.23 bits per heavy atom. The summed E-state index contributed by atoms with van der Waals surface area (Å²) < 4.78 is 2.44. The molecule has 13 heavy (non-hydrogen) atoms. The molecule has 68 valence electrons. The van der Waals surface area contributed by atoms with E-state index in [1.807, 2.05) is 13.0 Å². The summed E-state index contributed by atoms with van der Waals surface area (Å²) in [4.78, 5) is 1.24. The maximum Gasteiger partial charge on any atom is 0.0361 e. The van der Waals surface area contributed by atoms with Crippen molar-refractivity contribution in [2.45, 2.75) is 13.0 Å². The van der Waals surface area contributed by atoms with E-state index in [4.69, 9.17) is 5.73 Å². The average molecular weight is 256 g/mol. The van der Waals surface area contributed by atoms with Gasteiger partial charge in [-0.05, 0) is 25.1 Å². The largest absolute Gasteiger partial charge is 0.324 e. The van der Waals surface area contributed by atoms with E-state index in [9.17, 15) is 0 Å². The summed E-state index contributed by atoms with van der Waals surface area (Å²) in [5.74, 6) is 0. The van der Waals surface area contributed by atoms with Crippen molar-refractivity contribution in [3.8, 4) is 0 Å². The molecule has 1 aromatic heterocycles. The standard InChI is InChI=1S/C10H10BrNS/c1-6(12)10-5-7-8(11)3-2-4-9(7)13-10/h2-6H,12H2,1H3/t6-/m0/s1. The molecule has 0 aliphatic rings. The fraction of sp³-hybridized carbons (Fsp3) is 0.200. The van der Waals surface area contributed by atoms with Gasteiger partial charge >= 0.3 is 0 Å². The lowest BCUT2D eigenvalue weighted by atomic mass is 10.2. The van der Waals surface area contributed by atoms with E-state index in [-0.39, 0.29) is 6.04 Å². The lowest BCUT2D eigenvalue weighted by Crippen LogP contribution is -2.01.